The maximum absolute atomic E-state index is 15.2. The highest BCUT2D eigenvalue weighted by Gasteiger charge is 2.59. The molecule has 0 radical (unpaired) electrons. The van der Waals surface area contributed by atoms with Crippen LogP contribution in [0.2, 0.25) is 5.02 Å². The van der Waals surface area contributed by atoms with Crippen LogP contribution in [0, 0.1) is 19.3 Å². The number of aryl methyl sites for hydroxylation is 1. The second-order valence-electron chi connectivity index (χ2n) is 9.03. The highest BCUT2D eigenvalue weighted by molar-refractivity contribution is 7.81. The number of hydrogen-bond acceptors (Lipinski definition) is 4. The molecule has 0 atom stereocenters. The van der Waals surface area contributed by atoms with E-state index in [9.17, 15) is 9.59 Å². The van der Waals surface area contributed by atoms with Crippen molar-refractivity contribution in [3.05, 3.63) is 93.7 Å². The lowest BCUT2D eigenvalue weighted by atomic mass is 9.75. The van der Waals surface area contributed by atoms with Crippen molar-refractivity contribution < 1.29 is 14.0 Å². The first-order chi connectivity index (χ1) is 17.8. The molecule has 2 aliphatic rings. The van der Waals surface area contributed by atoms with Gasteiger partial charge < -0.3 is 15.1 Å². The molecule has 1 aliphatic carbocycles. The fourth-order valence-electron chi connectivity index (χ4n) is 4.74. The van der Waals surface area contributed by atoms with Gasteiger partial charge in [0.15, 0.2) is 5.11 Å². The van der Waals surface area contributed by atoms with Gasteiger partial charge in [-0.3, -0.25) is 14.5 Å². The minimum absolute atomic E-state index is 0.124. The number of halogens is 2. The molecule has 1 saturated carbocycles. The van der Waals surface area contributed by atoms with Gasteiger partial charge in [0.2, 0.25) is 0 Å². The molecule has 2 amide bonds. The topological polar surface area (TPSA) is 69.9 Å². The van der Waals surface area contributed by atoms with Gasteiger partial charge in [-0.2, -0.15) is 0 Å². The number of thiocarbonyl (C=S) groups is 1. The Morgan fingerprint density at radius 2 is 2.00 bits per heavy atom. The van der Waals surface area contributed by atoms with Crippen LogP contribution in [-0.4, -0.2) is 27.4 Å². The van der Waals surface area contributed by atoms with Crippen molar-refractivity contribution in [2.24, 2.45) is 0 Å². The zero-order valence-corrected chi connectivity index (χ0v) is 21.4. The van der Waals surface area contributed by atoms with Gasteiger partial charge in [0.05, 0.1) is 11.3 Å². The number of pyridine rings is 1. The quantitative estimate of drug-likeness (QED) is 0.335. The van der Waals surface area contributed by atoms with E-state index in [1.165, 1.54) is 23.2 Å². The lowest BCUT2D eigenvalue weighted by Gasteiger charge is -2.43. The Labute approximate surface area is 223 Å². The molecule has 2 fully saturated rings. The number of anilines is 2. The molecule has 5 rings (SSSR count). The van der Waals surface area contributed by atoms with Gasteiger partial charge in [0.1, 0.15) is 17.6 Å². The second kappa shape index (κ2) is 9.54. The molecule has 1 aromatic heterocycles. The molecule has 37 heavy (non-hydrogen) atoms. The van der Waals surface area contributed by atoms with E-state index < -0.39 is 17.3 Å². The van der Waals surface area contributed by atoms with Crippen LogP contribution >= 0.6 is 23.8 Å². The first-order valence-corrected chi connectivity index (χ1v) is 12.4. The third-order valence-electron chi connectivity index (χ3n) is 6.85. The highest BCUT2D eigenvalue weighted by atomic mass is 35.5. The average Bonchev–Trinajstić information content (AvgIpc) is 3.09. The van der Waals surface area contributed by atoms with Gasteiger partial charge in [0, 0.05) is 17.3 Å². The van der Waals surface area contributed by atoms with Gasteiger partial charge >= 0.3 is 0 Å². The third-order valence-corrected chi connectivity index (χ3v) is 7.58. The predicted octanol–water partition coefficient (Wildman–Crippen LogP) is 5.72. The number of nitrogens with zero attached hydrogens (tertiary/aromatic N) is 4. The lowest BCUT2D eigenvalue weighted by molar-refractivity contribution is -0.123. The SMILES string of the molecule is [C-]#[N+]c1ncc(N2C(=O)C3(CCC3)N(c3ccc(C(=O)NCc4ccccc4Cl)c(F)c3)C2=S)cc1C. The van der Waals surface area contributed by atoms with E-state index in [0.29, 0.717) is 34.8 Å². The Kier molecular flexibility index (Phi) is 6.40. The van der Waals surface area contributed by atoms with Crippen molar-refractivity contribution in [1.29, 1.82) is 0 Å². The van der Waals surface area contributed by atoms with Gasteiger partial charge in [0.25, 0.3) is 17.6 Å². The summed E-state index contributed by atoms with van der Waals surface area (Å²) in [6.45, 7) is 9.12. The van der Waals surface area contributed by atoms with Crippen LogP contribution < -0.4 is 15.1 Å². The normalized spacial score (nSPS) is 16.1. The molecular formula is C27H21ClFN5O2S. The molecule has 3 aromatic rings. The first kappa shape index (κ1) is 24.8. The molecule has 2 heterocycles. The molecule has 2 aromatic carbocycles. The zero-order valence-electron chi connectivity index (χ0n) is 19.8. The van der Waals surface area contributed by atoms with Crippen molar-refractivity contribution in [2.75, 3.05) is 9.80 Å². The van der Waals surface area contributed by atoms with Gasteiger partial charge in [-0.1, -0.05) is 36.4 Å². The highest BCUT2D eigenvalue weighted by Crippen LogP contribution is 2.48. The van der Waals surface area contributed by atoms with E-state index in [1.54, 1.807) is 48.2 Å². The summed E-state index contributed by atoms with van der Waals surface area (Å²) in [4.78, 5) is 36.9. The summed E-state index contributed by atoms with van der Waals surface area (Å²) >= 11 is 11.9. The molecule has 1 spiro atoms. The number of nitrogens with one attached hydrogen (secondary N) is 1. The smallest absolute Gasteiger partial charge is 0.272 e. The van der Waals surface area contributed by atoms with Crippen LogP contribution in [0.25, 0.3) is 4.85 Å². The Hall–Kier alpha value is -3.87. The van der Waals surface area contributed by atoms with Crippen LogP contribution in [0.4, 0.5) is 21.6 Å². The Balaban J connectivity index is 1.42. The monoisotopic (exact) mass is 533 g/mol. The average molecular weight is 534 g/mol. The molecular weight excluding hydrogens is 513 g/mol. The summed E-state index contributed by atoms with van der Waals surface area (Å²) in [5.41, 5.74) is 1.16. The predicted molar refractivity (Wildman–Crippen MR) is 143 cm³/mol. The Bertz CT molecular complexity index is 1500. The maximum atomic E-state index is 15.2. The number of carbonyl (C=O) groups excluding carboxylic acids is 2. The summed E-state index contributed by atoms with van der Waals surface area (Å²) in [7, 11) is 0. The minimum Gasteiger partial charge on any atom is -0.360 e. The molecule has 186 valence electrons. The number of hydrogen-bond donors (Lipinski definition) is 1. The summed E-state index contributed by atoms with van der Waals surface area (Å²) in [6, 6.07) is 13.0. The van der Waals surface area contributed by atoms with E-state index in [1.807, 2.05) is 0 Å². The zero-order chi connectivity index (χ0) is 26.3. The van der Waals surface area contributed by atoms with Crippen molar-refractivity contribution in [2.45, 2.75) is 38.3 Å². The van der Waals surface area contributed by atoms with Crippen LogP contribution in [0.5, 0.6) is 0 Å². The van der Waals surface area contributed by atoms with Crippen LogP contribution in [-0.2, 0) is 11.3 Å². The first-order valence-electron chi connectivity index (χ1n) is 11.6. The van der Waals surface area contributed by atoms with Crippen molar-refractivity contribution in [1.82, 2.24) is 10.3 Å². The summed E-state index contributed by atoms with van der Waals surface area (Å²) in [5, 5.41) is 3.41. The van der Waals surface area contributed by atoms with E-state index in [0.717, 1.165) is 12.0 Å². The number of aromatic nitrogens is 1. The Morgan fingerprint density at radius 1 is 1.24 bits per heavy atom. The Morgan fingerprint density at radius 3 is 2.62 bits per heavy atom. The fraction of sp³-hybridized carbons (Fsp3) is 0.222. The minimum atomic E-state index is -0.913. The van der Waals surface area contributed by atoms with Crippen molar-refractivity contribution in [3.8, 4) is 0 Å². The van der Waals surface area contributed by atoms with Crippen molar-refractivity contribution in [3.63, 3.8) is 0 Å². The molecule has 1 aliphatic heterocycles. The third kappa shape index (κ3) is 4.12. The maximum Gasteiger partial charge on any atom is 0.272 e. The van der Waals surface area contributed by atoms with Crippen molar-refractivity contribution >= 4 is 57.9 Å². The van der Waals surface area contributed by atoms with Crippen LogP contribution in [0.15, 0.2) is 54.7 Å². The molecule has 7 nitrogen and oxygen atoms in total. The second-order valence-corrected chi connectivity index (χ2v) is 9.80. The summed E-state index contributed by atoms with van der Waals surface area (Å²) in [6.07, 6.45) is 3.42. The van der Waals surface area contributed by atoms with E-state index >= 15 is 4.39 Å². The number of benzene rings is 2. The summed E-state index contributed by atoms with van der Waals surface area (Å²) in [5.74, 6) is -1.26. The molecule has 0 bridgehead atoms. The number of rotatable bonds is 5. The van der Waals surface area contributed by atoms with E-state index in [2.05, 4.69) is 15.1 Å². The van der Waals surface area contributed by atoms with Gasteiger partial charge in [-0.05, 0) is 79.9 Å². The molecule has 10 heteroatoms. The number of amides is 2. The van der Waals surface area contributed by atoms with Gasteiger partial charge in [-0.25, -0.2) is 4.39 Å². The van der Waals surface area contributed by atoms with E-state index in [4.69, 9.17) is 30.4 Å². The van der Waals surface area contributed by atoms with Crippen LogP contribution in [0.1, 0.15) is 40.7 Å². The molecule has 1 saturated heterocycles. The van der Waals surface area contributed by atoms with Crippen LogP contribution in [0.3, 0.4) is 0 Å². The number of carbonyl (C=O) groups is 2. The largest absolute Gasteiger partial charge is 0.360 e. The fourth-order valence-corrected chi connectivity index (χ4v) is 5.41. The molecule has 0 unspecified atom stereocenters. The standard InChI is InChI=1S/C27H21ClFN5O2S/c1-16-12-19(15-31-23(16)30-2)33-25(36)27(10-5-11-27)34(26(33)37)18-8-9-20(22(29)13-18)24(35)32-14-17-6-3-4-7-21(17)28/h3-4,6-9,12-13,15H,5,10-11,14H2,1H3,(H,32,35). The van der Waals surface area contributed by atoms with E-state index in [-0.39, 0.29) is 28.9 Å². The lowest BCUT2D eigenvalue weighted by Crippen LogP contribution is -2.55. The molecule has 1 N–H and O–H groups in total. The van der Waals surface area contributed by atoms with Gasteiger partial charge in [-0.15, -0.1) is 4.98 Å². The summed E-state index contributed by atoms with van der Waals surface area (Å²) < 4.78 is 15.2.